The molecule has 0 amide bonds. The Morgan fingerprint density at radius 2 is 2.16 bits per heavy atom. The summed E-state index contributed by atoms with van der Waals surface area (Å²) in [7, 11) is 1.71. The zero-order valence-electron chi connectivity index (χ0n) is 12.0. The molecular weight excluding hydrogens is 236 g/mol. The third kappa shape index (κ3) is 2.84. The molecule has 1 aromatic carbocycles. The number of piperidine rings is 1. The topological polar surface area (TPSA) is 36.3 Å². The number of methoxy groups -OCH3 is 1. The van der Waals surface area contributed by atoms with E-state index in [0.717, 1.165) is 30.9 Å². The van der Waals surface area contributed by atoms with Crippen LogP contribution in [0.25, 0.3) is 0 Å². The van der Waals surface area contributed by atoms with Gasteiger partial charge in [-0.15, -0.1) is 0 Å². The van der Waals surface area contributed by atoms with Crippen LogP contribution < -0.4 is 9.64 Å². The van der Waals surface area contributed by atoms with Crippen LogP contribution in [0.5, 0.6) is 5.75 Å². The van der Waals surface area contributed by atoms with Gasteiger partial charge in [-0.05, 0) is 29.9 Å². The van der Waals surface area contributed by atoms with E-state index in [0.29, 0.717) is 12.3 Å². The summed E-state index contributed by atoms with van der Waals surface area (Å²) in [5.41, 5.74) is 1.39. The maximum atomic E-state index is 9.02. The van der Waals surface area contributed by atoms with Crippen molar-refractivity contribution in [1.29, 1.82) is 5.26 Å². The average molecular weight is 258 g/mol. The maximum Gasteiger partial charge on any atom is 0.142 e. The summed E-state index contributed by atoms with van der Waals surface area (Å²) in [5.74, 6) is 1.33. The molecule has 0 radical (unpaired) electrons. The van der Waals surface area contributed by atoms with Gasteiger partial charge in [0.15, 0.2) is 0 Å². The third-order valence-corrected chi connectivity index (χ3v) is 4.34. The van der Waals surface area contributed by atoms with Gasteiger partial charge in [-0.3, -0.25) is 0 Å². The fourth-order valence-electron chi connectivity index (χ4n) is 2.79. The Balaban J connectivity index is 2.21. The van der Waals surface area contributed by atoms with E-state index >= 15 is 0 Å². The fourth-order valence-corrected chi connectivity index (χ4v) is 2.79. The molecule has 0 saturated carbocycles. The Morgan fingerprint density at radius 3 is 2.84 bits per heavy atom. The van der Waals surface area contributed by atoms with Gasteiger partial charge in [-0.25, -0.2) is 0 Å². The van der Waals surface area contributed by atoms with Crippen molar-refractivity contribution in [2.24, 2.45) is 11.3 Å². The lowest BCUT2D eigenvalue weighted by molar-refractivity contribution is 0.174. The van der Waals surface area contributed by atoms with Crippen LogP contribution in [-0.4, -0.2) is 20.2 Å². The molecule has 0 N–H and O–H groups in total. The van der Waals surface area contributed by atoms with Crippen molar-refractivity contribution in [3.8, 4) is 11.8 Å². The minimum atomic E-state index is 0.244. The second kappa shape index (κ2) is 5.52. The lowest BCUT2D eigenvalue weighted by Crippen LogP contribution is -2.44. The van der Waals surface area contributed by atoms with Crippen molar-refractivity contribution in [3.63, 3.8) is 0 Å². The van der Waals surface area contributed by atoms with Gasteiger partial charge in [0.05, 0.1) is 18.9 Å². The van der Waals surface area contributed by atoms with Gasteiger partial charge in [-0.1, -0.05) is 26.0 Å². The van der Waals surface area contributed by atoms with Crippen molar-refractivity contribution in [1.82, 2.24) is 0 Å². The molecule has 19 heavy (non-hydrogen) atoms. The standard InChI is InChI=1S/C16H22N2O/c1-16(2)9-11-18(12-13(16)8-10-17)14-6-4-5-7-15(14)19-3/h4-7,13H,8-9,11-12H2,1-3H3. The van der Waals surface area contributed by atoms with E-state index in [-0.39, 0.29) is 5.41 Å². The van der Waals surface area contributed by atoms with Crippen LogP contribution in [0.15, 0.2) is 24.3 Å². The molecule has 0 bridgehead atoms. The molecule has 1 heterocycles. The molecule has 0 aliphatic carbocycles. The first-order chi connectivity index (χ1) is 9.08. The average Bonchev–Trinajstić information content (AvgIpc) is 2.41. The van der Waals surface area contributed by atoms with E-state index < -0.39 is 0 Å². The highest BCUT2D eigenvalue weighted by Gasteiger charge is 2.35. The van der Waals surface area contributed by atoms with Gasteiger partial charge in [-0.2, -0.15) is 5.26 Å². The predicted molar refractivity (Wildman–Crippen MR) is 77.3 cm³/mol. The van der Waals surface area contributed by atoms with Crippen LogP contribution in [0.2, 0.25) is 0 Å². The number of nitrogens with zero attached hydrogens (tertiary/aromatic N) is 2. The molecule has 1 atom stereocenters. The van der Waals surface area contributed by atoms with Crippen LogP contribution in [-0.2, 0) is 0 Å². The number of anilines is 1. The third-order valence-electron chi connectivity index (χ3n) is 4.34. The molecule has 1 aromatic rings. The highest BCUT2D eigenvalue weighted by Crippen LogP contribution is 2.40. The number of nitriles is 1. The molecule has 3 heteroatoms. The van der Waals surface area contributed by atoms with E-state index in [2.05, 4.69) is 30.9 Å². The molecule has 2 rings (SSSR count). The first-order valence-corrected chi connectivity index (χ1v) is 6.83. The summed E-state index contributed by atoms with van der Waals surface area (Å²) in [6.45, 7) is 6.50. The minimum Gasteiger partial charge on any atom is -0.495 e. The first kappa shape index (κ1) is 13.7. The van der Waals surface area contributed by atoms with Crippen LogP contribution in [0.3, 0.4) is 0 Å². The van der Waals surface area contributed by atoms with Crippen molar-refractivity contribution >= 4 is 5.69 Å². The van der Waals surface area contributed by atoms with Crippen molar-refractivity contribution in [2.45, 2.75) is 26.7 Å². The zero-order valence-corrected chi connectivity index (χ0v) is 12.0. The molecule has 1 saturated heterocycles. The molecule has 1 aliphatic rings. The Bertz CT molecular complexity index is 476. The Labute approximate surface area is 115 Å². The SMILES string of the molecule is COc1ccccc1N1CCC(C)(C)C(CC#N)C1. The molecule has 0 spiro atoms. The molecule has 1 aliphatic heterocycles. The number of para-hydroxylation sites is 2. The summed E-state index contributed by atoms with van der Waals surface area (Å²) in [4.78, 5) is 2.35. The van der Waals surface area contributed by atoms with Crippen LogP contribution in [0, 0.1) is 22.7 Å². The molecule has 1 unspecified atom stereocenters. The van der Waals surface area contributed by atoms with Crippen LogP contribution in [0.1, 0.15) is 26.7 Å². The van der Waals surface area contributed by atoms with E-state index in [4.69, 9.17) is 10.00 Å². The lowest BCUT2D eigenvalue weighted by atomic mass is 9.72. The van der Waals surface area contributed by atoms with Gasteiger partial charge in [0.25, 0.3) is 0 Å². The largest absolute Gasteiger partial charge is 0.495 e. The maximum absolute atomic E-state index is 9.02. The van der Waals surface area contributed by atoms with E-state index in [1.54, 1.807) is 7.11 Å². The van der Waals surface area contributed by atoms with Gasteiger partial charge in [0, 0.05) is 19.5 Å². The van der Waals surface area contributed by atoms with Gasteiger partial charge >= 0.3 is 0 Å². The number of benzene rings is 1. The number of hydrogen-bond acceptors (Lipinski definition) is 3. The van der Waals surface area contributed by atoms with E-state index in [1.165, 1.54) is 0 Å². The van der Waals surface area contributed by atoms with Crippen molar-refractivity contribution in [3.05, 3.63) is 24.3 Å². The summed E-state index contributed by atoms with van der Waals surface area (Å²) >= 11 is 0. The number of hydrogen-bond donors (Lipinski definition) is 0. The lowest BCUT2D eigenvalue weighted by Gasteiger charge is -2.44. The second-order valence-corrected chi connectivity index (χ2v) is 5.92. The Kier molecular flexibility index (Phi) is 3.99. The van der Waals surface area contributed by atoms with E-state index in [9.17, 15) is 0 Å². The smallest absolute Gasteiger partial charge is 0.142 e. The first-order valence-electron chi connectivity index (χ1n) is 6.83. The van der Waals surface area contributed by atoms with Crippen LogP contribution >= 0.6 is 0 Å². The fraction of sp³-hybridized carbons (Fsp3) is 0.562. The highest BCUT2D eigenvalue weighted by molar-refractivity contribution is 5.58. The summed E-state index contributed by atoms with van der Waals surface area (Å²) < 4.78 is 5.44. The number of ether oxygens (including phenoxy) is 1. The monoisotopic (exact) mass is 258 g/mol. The molecule has 102 valence electrons. The normalized spacial score (nSPS) is 21.8. The molecule has 3 nitrogen and oxygen atoms in total. The van der Waals surface area contributed by atoms with Crippen molar-refractivity contribution < 1.29 is 4.74 Å². The van der Waals surface area contributed by atoms with Crippen molar-refractivity contribution in [2.75, 3.05) is 25.1 Å². The van der Waals surface area contributed by atoms with Gasteiger partial charge < -0.3 is 9.64 Å². The minimum absolute atomic E-state index is 0.244. The summed E-state index contributed by atoms with van der Waals surface area (Å²) in [6, 6.07) is 10.5. The molecule has 0 aromatic heterocycles. The molecule has 1 fully saturated rings. The Morgan fingerprint density at radius 1 is 1.42 bits per heavy atom. The summed E-state index contributed by atoms with van der Waals surface area (Å²) in [6.07, 6.45) is 1.73. The number of rotatable bonds is 3. The summed E-state index contributed by atoms with van der Waals surface area (Å²) in [5, 5.41) is 9.02. The molecular formula is C16H22N2O. The highest BCUT2D eigenvalue weighted by atomic mass is 16.5. The second-order valence-electron chi connectivity index (χ2n) is 5.92. The van der Waals surface area contributed by atoms with Gasteiger partial charge in [0.2, 0.25) is 0 Å². The predicted octanol–water partition coefficient (Wildman–Crippen LogP) is 3.46. The van der Waals surface area contributed by atoms with Gasteiger partial charge in [0.1, 0.15) is 5.75 Å². The zero-order chi connectivity index (χ0) is 13.9. The van der Waals surface area contributed by atoms with Crippen LogP contribution in [0.4, 0.5) is 5.69 Å². The Hall–Kier alpha value is -1.69. The van der Waals surface area contributed by atoms with E-state index in [1.807, 2.05) is 18.2 Å². The quantitative estimate of drug-likeness (QED) is 0.833.